The molecule has 1 heterocycles. The first-order valence-corrected chi connectivity index (χ1v) is 8.70. The standard InChI is InChI=1S/C19H25N3O3/c1-12(2)17-10-20-18(25-17)14-6-8-15(9-7-14)21-19(24)22(3)11-16(23)13-4-5-13/h6-10,12-13,16,23H,4-5,11H2,1-3H3,(H,21,24). The number of nitrogens with zero attached hydrogens (tertiary/aromatic N) is 2. The van der Waals surface area contributed by atoms with Crippen molar-refractivity contribution in [2.24, 2.45) is 5.92 Å². The predicted molar refractivity (Wildman–Crippen MR) is 96.4 cm³/mol. The molecule has 1 saturated carbocycles. The van der Waals surface area contributed by atoms with Crippen molar-refractivity contribution in [2.75, 3.05) is 18.9 Å². The molecule has 134 valence electrons. The zero-order chi connectivity index (χ0) is 18.0. The Kier molecular flexibility index (Phi) is 5.08. The van der Waals surface area contributed by atoms with Gasteiger partial charge in [0.2, 0.25) is 5.89 Å². The number of carbonyl (C=O) groups is 1. The lowest BCUT2D eigenvalue weighted by Crippen LogP contribution is -2.37. The number of hydrogen-bond donors (Lipinski definition) is 2. The molecule has 3 rings (SSSR count). The molecule has 2 aromatic rings. The molecule has 0 spiro atoms. The second kappa shape index (κ2) is 7.27. The van der Waals surface area contributed by atoms with Crippen LogP contribution in [0.4, 0.5) is 10.5 Å². The number of hydrogen-bond acceptors (Lipinski definition) is 4. The van der Waals surface area contributed by atoms with Crippen LogP contribution in [0.5, 0.6) is 0 Å². The van der Waals surface area contributed by atoms with Gasteiger partial charge in [0.15, 0.2) is 0 Å². The van der Waals surface area contributed by atoms with E-state index >= 15 is 0 Å². The number of aromatic nitrogens is 1. The minimum Gasteiger partial charge on any atom is -0.441 e. The van der Waals surface area contributed by atoms with Gasteiger partial charge in [-0.05, 0) is 43.0 Å². The number of oxazole rings is 1. The lowest BCUT2D eigenvalue weighted by atomic mass is 10.2. The molecule has 6 nitrogen and oxygen atoms in total. The molecule has 25 heavy (non-hydrogen) atoms. The molecular formula is C19H25N3O3. The molecule has 2 amide bonds. The molecule has 0 aliphatic heterocycles. The van der Waals surface area contributed by atoms with Crippen molar-refractivity contribution in [1.29, 1.82) is 0 Å². The molecule has 1 aromatic carbocycles. The van der Waals surface area contributed by atoms with E-state index in [1.54, 1.807) is 13.2 Å². The van der Waals surface area contributed by atoms with Crippen LogP contribution in [-0.4, -0.2) is 40.7 Å². The summed E-state index contributed by atoms with van der Waals surface area (Å²) in [7, 11) is 1.69. The first-order valence-electron chi connectivity index (χ1n) is 8.70. The minimum atomic E-state index is -0.432. The summed E-state index contributed by atoms with van der Waals surface area (Å²) in [5.41, 5.74) is 1.56. The van der Waals surface area contributed by atoms with Gasteiger partial charge in [0.25, 0.3) is 0 Å². The van der Waals surface area contributed by atoms with Gasteiger partial charge in [-0.2, -0.15) is 0 Å². The highest BCUT2D eigenvalue weighted by Crippen LogP contribution is 2.32. The number of likely N-dealkylation sites (N-methyl/N-ethyl adjacent to an activating group) is 1. The molecule has 1 atom stereocenters. The van der Waals surface area contributed by atoms with Crippen LogP contribution in [-0.2, 0) is 0 Å². The van der Waals surface area contributed by atoms with Gasteiger partial charge >= 0.3 is 6.03 Å². The van der Waals surface area contributed by atoms with E-state index in [0.29, 0.717) is 30.0 Å². The quantitative estimate of drug-likeness (QED) is 0.838. The van der Waals surface area contributed by atoms with Gasteiger partial charge < -0.3 is 19.7 Å². The Labute approximate surface area is 147 Å². The van der Waals surface area contributed by atoms with Gasteiger partial charge in [-0.25, -0.2) is 9.78 Å². The SMILES string of the molecule is CC(C)c1cnc(-c2ccc(NC(=O)N(C)CC(O)C3CC3)cc2)o1. The Bertz CT molecular complexity index is 720. The molecule has 1 aromatic heterocycles. The van der Waals surface area contributed by atoms with E-state index in [1.807, 2.05) is 24.3 Å². The van der Waals surface area contributed by atoms with E-state index in [2.05, 4.69) is 24.1 Å². The van der Waals surface area contributed by atoms with Gasteiger partial charge in [-0.3, -0.25) is 0 Å². The Balaban J connectivity index is 1.58. The summed E-state index contributed by atoms with van der Waals surface area (Å²) in [5.74, 6) is 2.07. The Morgan fingerprint density at radius 3 is 2.60 bits per heavy atom. The molecular weight excluding hydrogens is 318 g/mol. The summed E-state index contributed by atoms with van der Waals surface area (Å²) >= 11 is 0. The number of aliphatic hydroxyl groups is 1. The number of carbonyl (C=O) groups excluding carboxylic acids is 1. The first-order chi connectivity index (χ1) is 11.9. The fraction of sp³-hybridized carbons (Fsp3) is 0.474. The Morgan fingerprint density at radius 1 is 1.36 bits per heavy atom. The van der Waals surface area contributed by atoms with Crippen LogP contribution in [0.3, 0.4) is 0 Å². The molecule has 1 aliphatic rings. The fourth-order valence-corrected chi connectivity index (χ4v) is 2.60. The second-order valence-electron chi connectivity index (χ2n) is 7.02. The Hall–Kier alpha value is -2.34. The molecule has 0 bridgehead atoms. The normalized spacial score (nSPS) is 15.2. The highest BCUT2D eigenvalue weighted by atomic mass is 16.4. The number of anilines is 1. The van der Waals surface area contributed by atoms with E-state index in [1.165, 1.54) is 4.90 Å². The largest absolute Gasteiger partial charge is 0.441 e. The van der Waals surface area contributed by atoms with Crippen LogP contribution in [0.1, 0.15) is 38.4 Å². The molecule has 0 saturated heterocycles. The van der Waals surface area contributed by atoms with Crippen LogP contribution in [0.25, 0.3) is 11.5 Å². The van der Waals surface area contributed by atoms with Crippen molar-refractivity contribution in [3.05, 3.63) is 36.2 Å². The summed E-state index contributed by atoms with van der Waals surface area (Å²) in [6.07, 6.45) is 3.42. The molecule has 6 heteroatoms. The molecule has 1 aliphatic carbocycles. The number of amides is 2. The van der Waals surface area contributed by atoms with Gasteiger partial charge in [0, 0.05) is 30.8 Å². The number of benzene rings is 1. The second-order valence-corrected chi connectivity index (χ2v) is 7.02. The Morgan fingerprint density at radius 2 is 2.04 bits per heavy atom. The summed E-state index contributed by atoms with van der Waals surface area (Å²) in [6.45, 7) is 4.46. The van der Waals surface area contributed by atoms with E-state index < -0.39 is 6.10 Å². The summed E-state index contributed by atoms with van der Waals surface area (Å²) in [6, 6.07) is 7.13. The maximum absolute atomic E-state index is 12.2. The fourth-order valence-electron chi connectivity index (χ4n) is 2.60. The predicted octanol–water partition coefficient (Wildman–Crippen LogP) is 3.70. The summed E-state index contributed by atoms with van der Waals surface area (Å²) < 4.78 is 5.73. The molecule has 1 unspecified atom stereocenters. The lowest BCUT2D eigenvalue weighted by Gasteiger charge is -2.21. The van der Waals surface area contributed by atoms with Crippen molar-refractivity contribution in [2.45, 2.75) is 38.7 Å². The third kappa shape index (κ3) is 4.39. The molecule has 1 fully saturated rings. The van der Waals surface area contributed by atoms with Crippen molar-refractivity contribution >= 4 is 11.7 Å². The topological polar surface area (TPSA) is 78.6 Å². The van der Waals surface area contributed by atoms with E-state index in [-0.39, 0.29) is 6.03 Å². The number of rotatable bonds is 6. The van der Waals surface area contributed by atoms with Gasteiger partial charge in [0.1, 0.15) is 5.76 Å². The van der Waals surface area contributed by atoms with Crippen LogP contribution >= 0.6 is 0 Å². The number of urea groups is 1. The van der Waals surface area contributed by atoms with Gasteiger partial charge in [0.05, 0.1) is 12.3 Å². The summed E-state index contributed by atoms with van der Waals surface area (Å²) in [5, 5.41) is 12.8. The highest BCUT2D eigenvalue weighted by molar-refractivity contribution is 5.89. The molecule has 2 N–H and O–H groups in total. The van der Waals surface area contributed by atoms with Crippen molar-refractivity contribution < 1.29 is 14.3 Å². The van der Waals surface area contributed by atoms with E-state index in [9.17, 15) is 9.90 Å². The van der Waals surface area contributed by atoms with Crippen LogP contribution in [0.2, 0.25) is 0 Å². The third-order valence-electron chi connectivity index (χ3n) is 4.45. The minimum absolute atomic E-state index is 0.231. The van der Waals surface area contributed by atoms with Crippen molar-refractivity contribution in [1.82, 2.24) is 9.88 Å². The van der Waals surface area contributed by atoms with Crippen LogP contribution < -0.4 is 5.32 Å². The monoisotopic (exact) mass is 343 g/mol. The zero-order valence-corrected chi connectivity index (χ0v) is 14.9. The number of aliphatic hydroxyl groups excluding tert-OH is 1. The maximum Gasteiger partial charge on any atom is 0.321 e. The van der Waals surface area contributed by atoms with Crippen LogP contribution in [0.15, 0.2) is 34.9 Å². The molecule has 0 radical (unpaired) electrons. The summed E-state index contributed by atoms with van der Waals surface area (Å²) in [4.78, 5) is 18.0. The van der Waals surface area contributed by atoms with E-state index in [0.717, 1.165) is 24.2 Å². The zero-order valence-electron chi connectivity index (χ0n) is 14.9. The van der Waals surface area contributed by atoms with Gasteiger partial charge in [-0.1, -0.05) is 13.8 Å². The average Bonchev–Trinajstić information content (AvgIpc) is 3.32. The van der Waals surface area contributed by atoms with Gasteiger partial charge in [-0.15, -0.1) is 0 Å². The number of nitrogens with one attached hydrogen (secondary N) is 1. The lowest BCUT2D eigenvalue weighted by molar-refractivity contribution is 0.117. The smallest absolute Gasteiger partial charge is 0.321 e. The van der Waals surface area contributed by atoms with E-state index in [4.69, 9.17) is 4.42 Å². The average molecular weight is 343 g/mol. The first kappa shape index (κ1) is 17.5. The highest BCUT2D eigenvalue weighted by Gasteiger charge is 2.31. The maximum atomic E-state index is 12.2. The van der Waals surface area contributed by atoms with Crippen molar-refractivity contribution in [3.63, 3.8) is 0 Å². The van der Waals surface area contributed by atoms with Crippen molar-refractivity contribution in [3.8, 4) is 11.5 Å². The third-order valence-corrected chi connectivity index (χ3v) is 4.45. The van der Waals surface area contributed by atoms with Crippen LogP contribution in [0, 0.1) is 5.92 Å².